The van der Waals surface area contributed by atoms with Crippen LogP contribution in [0, 0.1) is 0 Å². The quantitative estimate of drug-likeness (QED) is 0.173. The van der Waals surface area contributed by atoms with Gasteiger partial charge in [-0.15, -0.1) is 0 Å². The number of furan rings is 1. The molecule has 3 heterocycles. The number of hydrogen-bond acceptors (Lipinski definition) is 4. The topological polar surface area (TPSA) is 56.7 Å². The molecular formula is C64H38N4O. The van der Waals surface area contributed by atoms with E-state index in [4.69, 9.17) is 19.4 Å². The smallest absolute Gasteiger partial charge is 0.164 e. The lowest BCUT2D eigenvalue weighted by atomic mass is 9.70. The van der Waals surface area contributed by atoms with Crippen LogP contribution in [0.25, 0.3) is 117 Å². The van der Waals surface area contributed by atoms with Crippen molar-refractivity contribution in [3.8, 4) is 73.2 Å². The van der Waals surface area contributed by atoms with Crippen LogP contribution in [0.3, 0.4) is 0 Å². The van der Waals surface area contributed by atoms with E-state index >= 15 is 0 Å². The molecule has 2 aliphatic carbocycles. The summed E-state index contributed by atoms with van der Waals surface area (Å²) in [7, 11) is 0. The van der Waals surface area contributed by atoms with Gasteiger partial charge in [-0.3, -0.25) is 0 Å². The van der Waals surface area contributed by atoms with Crippen LogP contribution in [-0.4, -0.2) is 19.5 Å². The lowest BCUT2D eigenvalue weighted by Crippen LogP contribution is -2.25. The van der Waals surface area contributed by atoms with Gasteiger partial charge in [0.25, 0.3) is 0 Å². The van der Waals surface area contributed by atoms with Gasteiger partial charge in [0.05, 0.1) is 16.4 Å². The second-order valence-corrected chi connectivity index (χ2v) is 18.2. The molecule has 13 aromatic rings. The maximum Gasteiger partial charge on any atom is 0.164 e. The predicted molar refractivity (Wildman–Crippen MR) is 279 cm³/mol. The number of aromatic nitrogens is 4. The van der Waals surface area contributed by atoms with Gasteiger partial charge in [-0.1, -0.05) is 176 Å². The summed E-state index contributed by atoms with van der Waals surface area (Å²) < 4.78 is 9.10. The van der Waals surface area contributed by atoms with Crippen molar-refractivity contribution in [2.24, 2.45) is 0 Å². The van der Waals surface area contributed by atoms with E-state index in [1.165, 1.54) is 55.3 Å². The fourth-order valence-electron chi connectivity index (χ4n) is 11.8. The van der Waals surface area contributed by atoms with Crippen LogP contribution in [0.2, 0.25) is 0 Å². The summed E-state index contributed by atoms with van der Waals surface area (Å²) in [6.45, 7) is 0. The molecule has 0 saturated carbocycles. The van der Waals surface area contributed by atoms with Gasteiger partial charge in [0.15, 0.2) is 17.5 Å². The predicted octanol–water partition coefficient (Wildman–Crippen LogP) is 15.9. The molecule has 0 bridgehead atoms. The van der Waals surface area contributed by atoms with E-state index in [0.717, 1.165) is 66.5 Å². The lowest BCUT2D eigenvalue weighted by Gasteiger charge is -2.30. The third-order valence-corrected chi connectivity index (χ3v) is 14.7. The molecule has 0 radical (unpaired) electrons. The molecule has 0 amide bonds. The zero-order valence-corrected chi connectivity index (χ0v) is 37.1. The van der Waals surface area contributed by atoms with Crippen molar-refractivity contribution in [1.82, 2.24) is 19.5 Å². The first-order chi connectivity index (χ1) is 34.2. The van der Waals surface area contributed by atoms with E-state index < -0.39 is 5.41 Å². The molecular weight excluding hydrogens is 841 g/mol. The maximum absolute atomic E-state index is 6.74. The minimum Gasteiger partial charge on any atom is -0.456 e. The number of para-hydroxylation sites is 3. The molecule has 5 heteroatoms. The van der Waals surface area contributed by atoms with Crippen LogP contribution in [0.4, 0.5) is 0 Å². The van der Waals surface area contributed by atoms with Crippen LogP contribution in [-0.2, 0) is 5.41 Å². The minimum atomic E-state index is -0.497. The highest BCUT2D eigenvalue weighted by molar-refractivity contribution is 6.16. The van der Waals surface area contributed by atoms with Crippen molar-refractivity contribution in [1.29, 1.82) is 0 Å². The number of fused-ring (bicyclic) bond motifs is 16. The largest absolute Gasteiger partial charge is 0.456 e. The first-order valence-corrected chi connectivity index (χ1v) is 23.5. The molecule has 0 aliphatic heterocycles. The third-order valence-electron chi connectivity index (χ3n) is 14.7. The van der Waals surface area contributed by atoms with E-state index in [9.17, 15) is 0 Å². The van der Waals surface area contributed by atoms with Crippen molar-refractivity contribution < 1.29 is 4.42 Å². The number of rotatable bonds is 5. The molecule has 0 unspecified atom stereocenters. The van der Waals surface area contributed by atoms with Crippen LogP contribution < -0.4 is 0 Å². The highest BCUT2D eigenvalue weighted by Crippen LogP contribution is 2.63. The number of benzene rings is 10. The highest BCUT2D eigenvalue weighted by Gasteiger charge is 2.51. The van der Waals surface area contributed by atoms with Gasteiger partial charge in [-0.25, -0.2) is 15.0 Å². The Morgan fingerprint density at radius 3 is 1.57 bits per heavy atom. The fourth-order valence-corrected chi connectivity index (χ4v) is 11.8. The lowest BCUT2D eigenvalue weighted by molar-refractivity contribution is 0.669. The average Bonchev–Trinajstić information content (AvgIpc) is 4.14. The zero-order chi connectivity index (χ0) is 45.2. The SMILES string of the molecule is c1ccc(-c2nc(-c3ccc4c(c3)C3(c5ccccc5-c5ccccc53)c3ccccc3-4)nc(-c3cc(-c4ccc5c(c4)c4ccccc4n5-c4ccccc4)c4c(c3)oc3ccccc34)n2)cc1. The van der Waals surface area contributed by atoms with Crippen molar-refractivity contribution in [3.63, 3.8) is 0 Å². The Bertz CT molecular complexity index is 4200. The molecule has 69 heavy (non-hydrogen) atoms. The van der Waals surface area contributed by atoms with Crippen LogP contribution in [0.1, 0.15) is 22.3 Å². The molecule has 15 rings (SSSR count). The second kappa shape index (κ2) is 14.4. The summed E-state index contributed by atoms with van der Waals surface area (Å²) in [6, 6.07) is 82.5. The highest BCUT2D eigenvalue weighted by atomic mass is 16.3. The minimum absolute atomic E-state index is 0.497. The average molecular weight is 879 g/mol. The monoisotopic (exact) mass is 878 g/mol. The van der Waals surface area contributed by atoms with E-state index in [1.807, 2.05) is 30.3 Å². The molecule has 0 fully saturated rings. The van der Waals surface area contributed by atoms with E-state index in [2.05, 4.69) is 205 Å². The van der Waals surface area contributed by atoms with Crippen LogP contribution >= 0.6 is 0 Å². The van der Waals surface area contributed by atoms with Crippen molar-refractivity contribution in [3.05, 3.63) is 253 Å². The summed E-state index contributed by atoms with van der Waals surface area (Å²) >= 11 is 0. The fraction of sp³-hybridized carbons (Fsp3) is 0.0156. The molecule has 1 spiro atoms. The van der Waals surface area contributed by atoms with Gasteiger partial charge in [0.2, 0.25) is 0 Å². The Balaban J connectivity index is 0.961. The molecule has 3 aromatic heterocycles. The van der Waals surface area contributed by atoms with Gasteiger partial charge in [-0.2, -0.15) is 0 Å². The number of nitrogens with zero attached hydrogens (tertiary/aromatic N) is 4. The van der Waals surface area contributed by atoms with Crippen molar-refractivity contribution >= 4 is 43.7 Å². The summed E-state index contributed by atoms with van der Waals surface area (Å²) in [6.07, 6.45) is 0. The normalized spacial score (nSPS) is 13.0. The molecule has 320 valence electrons. The Morgan fingerprint density at radius 1 is 0.319 bits per heavy atom. The number of hydrogen-bond donors (Lipinski definition) is 0. The van der Waals surface area contributed by atoms with Gasteiger partial charge >= 0.3 is 0 Å². The van der Waals surface area contributed by atoms with Crippen molar-refractivity contribution in [2.45, 2.75) is 5.41 Å². The Kier molecular flexibility index (Phi) is 7.93. The van der Waals surface area contributed by atoms with Crippen molar-refractivity contribution in [2.75, 3.05) is 0 Å². The molecule has 2 aliphatic rings. The maximum atomic E-state index is 6.74. The van der Waals surface area contributed by atoms with Gasteiger partial charge in [-0.05, 0) is 110 Å². The van der Waals surface area contributed by atoms with Crippen LogP contribution in [0.5, 0.6) is 0 Å². The third kappa shape index (κ3) is 5.38. The first kappa shape index (κ1) is 38.0. The van der Waals surface area contributed by atoms with E-state index in [0.29, 0.717) is 17.5 Å². The zero-order valence-electron chi connectivity index (χ0n) is 37.1. The summed E-state index contributed by atoms with van der Waals surface area (Å²) in [5.41, 5.74) is 19.5. The van der Waals surface area contributed by atoms with E-state index in [1.54, 1.807) is 0 Å². The molecule has 5 nitrogen and oxygen atoms in total. The molecule has 0 atom stereocenters. The summed E-state index contributed by atoms with van der Waals surface area (Å²) in [5.74, 6) is 1.78. The van der Waals surface area contributed by atoms with E-state index in [-0.39, 0.29) is 0 Å². The van der Waals surface area contributed by atoms with Gasteiger partial charge in [0.1, 0.15) is 11.2 Å². The summed E-state index contributed by atoms with van der Waals surface area (Å²) in [4.78, 5) is 16.0. The van der Waals surface area contributed by atoms with Gasteiger partial charge < -0.3 is 8.98 Å². The molecule has 0 N–H and O–H groups in total. The van der Waals surface area contributed by atoms with Crippen LogP contribution in [0.15, 0.2) is 235 Å². The molecule has 0 saturated heterocycles. The first-order valence-electron chi connectivity index (χ1n) is 23.5. The Labute approximate surface area is 397 Å². The summed E-state index contributed by atoms with van der Waals surface area (Å²) in [5, 5.41) is 4.49. The Morgan fingerprint density at radius 2 is 0.855 bits per heavy atom. The molecule has 10 aromatic carbocycles. The second-order valence-electron chi connectivity index (χ2n) is 18.2. The Hall–Kier alpha value is -9.19. The van der Waals surface area contributed by atoms with Gasteiger partial charge in [0, 0.05) is 43.9 Å². The standard InChI is InChI=1S/C64H38N4O/c1-3-17-39(18-4-1)61-65-62(41-31-33-47-46-23-9-14-28-54(46)64(55(47)37-41)52-26-12-7-21-44(52)45-22-8-13-27-53(45)64)67-63(66-61)42-36-50(60-49-25-11-16-30-58(49)69-59(60)38-42)40-32-34-57-51(35-40)48-24-10-15-29-56(48)68(57)43-19-5-2-6-20-43/h1-38H.